The van der Waals surface area contributed by atoms with Crippen LogP contribution in [0.2, 0.25) is 0 Å². The third-order valence-electron chi connectivity index (χ3n) is 2.04. The Hall–Kier alpha value is -2.04. The van der Waals surface area contributed by atoms with E-state index in [-0.39, 0.29) is 0 Å². The van der Waals surface area contributed by atoms with Crippen LogP contribution < -0.4 is 11.5 Å². The van der Waals surface area contributed by atoms with Gasteiger partial charge in [0.15, 0.2) is 0 Å². The average Bonchev–Trinajstić information content (AvgIpc) is 2.57. The monoisotopic (exact) mass is 189 g/mol. The van der Waals surface area contributed by atoms with Crippen LogP contribution in [0.15, 0.2) is 24.7 Å². The van der Waals surface area contributed by atoms with E-state index in [0.29, 0.717) is 11.5 Å². The van der Waals surface area contributed by atoms with Crippen LogP contribution in [0.4, 0.5) is 11.5 Å². The van der Waals surface area contributed by atoms with Crippen LogP contribution in [0.3, 0.4) is 0 Å². The van der Waals surface area contributed by atoms with E-state index in [2.05, 4.69) is 10.1 Å². The van der Waals surface area contributed by atoms with Gasteiger partial charge >= 0.3 is 0 Å². The molecular formula is C9H11N5. The van der Waals surface area contributed by atoms with Gasteiger partial charge in [0.05, 0.1) is 11.9 Å². The zero-order valence-electron chi connectivity index (χ0n) is 7.81. The Kier molecular flexibility index (Phi) is 1.85. The van der Waals surface area contributed by atoms with Gasteiger partial charge < -0.3 is 11.5 Å². The van der Waals surface area contributed by atoms with Crippen LogP contribution in [0.5, 0.6) is 0 Å². The summed E-state index contributed by atoms with van der Waals surface area (Å²) < 4.78 is 1.71. The van der Waals surface area contributed by atoms with Crippen molar-refractivity contribution in [3.63, 3.8) is 0 Å². The smallest absolute Gasteiger partial charge is 0.147 e. The first-order valence-corrected chi connectivity index (χ1v) is 4.17. The molecule has 0 bridgehead atoms. The molecule has 0 amide bonds. The number of pyridine rings is 1. The lowest BCUT2D eigenvalue weighted by molar-refractivity contribution is 0.768. The van der Waals surface area contributed by atoms with Crippen LogP contribution in [0.1, 0.15) is 0 Å². The van der Waals surface area contributed by atoms with Gasteiger partial charge in [-0.3, -0.25) is 4.68 Å². The Morgan fingerprint density at radius 2 is 2.14 bits per heavy atom. The average molecular weight is 189 g/mol. The molecule has 0 aliphatic rings. The number of nitrogen functional groups attached to an aromatic ring is 2. The van der Waals surface area contributed by atoms with Gasteiger partial charge in [0.1, 0.15) is 5.82 Å². The van der Waals surface area contributed by atoms with Crippen LogP contribution in [0.25, 0.3) is 11.1 Å². The summed E-state index contributed by atoms with van der Waals surface area (Å²) in [6.45, 7) is 0. The predicted octanol–water partition coefficient (Wildman–Crippen LogP) is 0.647. The second-order valence-corrected chi connectivity index (χ2v) is 3.06. The normalized spacial score (nSPS) is 10.4. The fourth-order valence-electron chi connectivity index (χ4n) is 1.30. The molecule has 0 saturated carbocycles. The van der Waals surface area contributed by atoms with Gasteiger partial charge in [-0.1, -0.05) is 0 Å². The lowest BCUT2D eigenvalue weighted by Gasteiger charge is -2.03. The second kappa shape index (κ2) is 3.02. The summed E-state index contributed by atoms with van der Waals surface area (Å²) in [6, 6.07) is 1.82. The molecule has 0 aliphatic heterocycles. The quantitative estimate of drug-likeness (QED) is 0.689. The van der Waals surface area contributed by atoms with Gasteiger partial charge in [0, 0.05) is 30.6 Å². The van der Waals surface area contributed by atoms with Gasteiger partial charge in [0.2, 0.25) is 0 Å². The van der Waals surface area contributed by atoms with E-state index >= 15 is 0 Å². The zero-order valence-corrected chi connectivity index (χ0v) is 7.81. The number of nitrogens with two attached hydrogens (primary N) is 2. The molecule has 4 N–H and O–H groups in total. The molecule has 5 heteroatoms. The van der Waals surface area contributed by atoms with Crippen LogP contribution in [-0.4, -0.2) is 14.8 Å². The SMILES string of the molecule is Cn1cc(-c2ccnc(N)c2N)cn1. The second-order valence-electron chi connectivity index (χ2n) is 3.06. The molecule has 0 atom stereocenters. The summed E-state index contributed by atoms with van der Waals surface area (Å²) in [5.74, 6) is 0.353. The maximum atomic E-state index is 5.80. The van der Waals surface area contributed by atoms with Crippen molar-refractivity contribution in [2.75, 3.05) is 11.5 Å². The first-order valence-electron chi connectivity index (χ1n) is 4.17. The summed E-state index contributed by atoms with van der Waals surface area (Å²) >= 11 is 0. The highest BCUT2D eigenvalue weighted by Gasteiger charge is 2.06. The summed E-state index contributed by atoms with van der Waals surface area (Å²) in [5.41, 5.74) is 13.7. The molecule has 72 valence electrons. The van der Waals surface area contributed by atoms with E-state index in [9.17, 15) is 0 Å². The zero-order chi connectivity index (χ0) is 10.1. The Morgan fingerprint density at radius 1 is 1.36 bits per heavy atom. The van der Waals surface area contributed by atoms with Crippen molar-refractivity contribution in [3.8, 4) is 11.1 Å². The maximum Gasteiger partial charge on any atom is 0.147 e. The fourth-order valence-corrected chi connectivity index (χ4v) is 1.30. The van der Waals surface area contributed by atoms with Crippen LogP contribution in [0, 0.1) is 0 Å². The number of hydrogen-bond acceptors (Lipinski definition) is 4. The van der Waals surface area contributed by atoms with Crippen LogP contribution >= 0.6 is 0 Å². The maximum absolute atomic E-state index is 5.80. The van der Waals surface area contributed by atoms with Crippen LogP contribution in [-0.2, 0) is 7.05 Å². The summed E-state index contributed by atoms with van der Waals surface area (Å²) in [4.78, 5) is 3.90. The topological polar surface area (TPSA) is 82.8 Å². The lowest BCUT2D eigenvalue weighted by atomic mass is 10.1. The minimum atomic E-state index is 0.353. The molecule has 2 rings (SSSR count). The fraction of sp³-hybridized carbons (Fsp3) is 0.111. The Labute approximate surface area is 81.4 Å². The van der Waals surface area contributed by atoms with Crippen molar-refractivity contribution in [2.24, 2.45) is 7.05 Å². The van der Waals surface area contributed by atoms with Crippen molar-refractivity contribution in [1.29, 1.82) is 0 Å². The molecule has 5 nitrogen and oxygen atoms in total. The number of aromatic nitrogens is 3. The molecule has 2 aromatic rings. The Morgan fingerprint density at radius 3 is 2.79 bits per heavy atom. The standard InChI is InChI=1S/C9H11N5/c1-14-5-6(4-13-14)7-2-3-12-9(11)8(7)10/h2-5H,10H2,1H3,(H2,11,12). The first-order chi connectivity index (χ1) is 6.68. The van der Waals surface area contributed by atoms with E-state index in [1.807, 2.05) is 19.3 Å². The first kappa shape index (κ1) is 8.55. The molecular weight excluding hydrogens is 178 g/mol. The highest BCUT2D eigenvalue weighted by atomic mass is 15.2. The summed E-state index contributed by atoms with van der Waals surface area (Å²) in [5, 5.41) is 4.06. The molecule has 14 heavy (non-hydrogen) atoms. The predicted molar refractivity (Wildman–Crippen MR) is 55.3 cm³/mol. The number of hydrogen-bond donors (Lipinski definition) is 2. The van der Waals surface area contributed by atoms with E-state index in [4.69, 9.17) is 11.5 Å². The molecule has 0 spiro atoms. The Balaban J connectivity index is 2.57. The third-order valence-corrected chi connectivity index (χ3v) is 2.04. The van der Waals surface area contributed by atoms with E-state index < -0.39 is 0 Å². The number of rotatable bonds is 1. The molecule has 0 unspecified atom stereocenters. The Bertz CT molecular complexity index is 460. The molecule has 0 aromatic carbocycles. The number of nitrogens with zero attached hydrogens (tertiary/aromatic N) is 3. The van der Waals surface area contributed by atoms with E-state index in [0.717, 1.165) is 11.1 Å². The van der Waals surface area contributed by atoms with Gasteiger partial charge in [0.25, 0.3) is 0 Å². The van der Waals surface area contributed by atoms with Gasteiger partial charge in [-0.05, 0) is 6.07 Å². The highest BCUT2D eigenvalue weighted by Crippen LogP contribution is 2.27. The minimum absolute atomic E-state index is 0.353. The minimum Gasteiger partial charge on any atom is -0.395 e. The lowest BCUT2D eigenvalue weighted by Crippen LogP contribution is -1.99. The molecule has 0 fully saturated rings. The molecule has 0 saturated heterocycles. The van der Waals surface area contributed by atoms with E-state index in [1.54, 1.807) is 17.1 Å². The third kappa shape index (κ3) is 1.28. The number of anilines is 2. The van der Waals surface area contributed by atoms with E-state index in [1.165, 1.54) is 0 Å². The highest BCUT2D eigenvalue weighted by molar-refractivity contribution is 5.81. The van der Waals surface area contributed by atoms with Crippen molar-refractivity contribution in [3.05, 3.63) is 24.7 Å². The van der Waals surface area contributed by atoms with Gasteiger partial charge in [-0.15, -0.1) is 0 Å². The van der Waals surface area contributed by atoms with Crippen molar-refractivity contribution in [1.82, 2.24) is 14.8 Å². The summed E-state index contributed by atoms with van der Waals surface area (Å²) in [6.07, 6.45) is 5.25. The van der Waals surface area contributed by atoms with Crippen molar-refractivity contribution >= 4 is 11.5 Å². The molecule has 2 aromatic heterocycles. The molecule has 0 aliphatic carbocycles. The van der Waals surface area contributed by atoms with Gasteiger partial charge in [-0.2, -0.15) is 5.10 Å². The number of aryl methyl sites for hydroxylation is 1. The largest absolute Gasteiger partial charge is 0.395 e. The summed E-state index contributed by atoms with van der Waals surface area (Å²) in [7, 11) is 1.85. The van der Waals surface area contributed by atoms with Crippen molar-refractivity contribution < 1.29 is 0 Å². The molecule has 2 heterocycles. The molecule has 0 radical (unpaired) electrons. The van der Waals surface area contributed by atoms with Gasteiger partial charge in [-0.25, -0.2) is 4.98 Å². The van der Waals surface area contributed by atoms with Crippen molar-refractivity contribution in [2.45, 2.75) is 0 Å².